The number of benzene rings is 1. The second-order valence-electron chi connectivity index (χ2n) is 6.55. The third-order valence-electron chi connectivity index (χ3n) is 4.61. The van der Waals surface area contributed by atoms with Crippen molar-refractivity contribution in [1.82, 2.24) is 20.4 Å². The number of aryl methyl sites for hydroxylation is 2. The molecule has 142 valence electrons. The Bertz CT molecular complexity index is 889. The van der Waals surface area contributed by atoms with Gasteiger partial charge >= 0.3 is 11.8 Å². The van der Waals surface area contributed by atoms with Crippen molar-refractivity contribution in [3.63, 3.8) is 0 Å². The van der Waals surface area contributed by atoms with Crippen LogP contribution in [0.15, 0.2) is 30.5 Å². The van der Waals surface area contributed by atoms with Crippen molar-refractivity contribution in [1.29, 1.82) is 0 Å². The lowest BCUT2D eigenvalue weighted by Crippen LogP contribution is -2.43. The summed E-state index contributed by atoms with van der Waals surface area (Å²) < 4.78 is 1.82. The summed E-state index contributed by atoms with van der Waals surface area (Å²) in [6.07, 6.45) is 2.82. The second kappa shape index (κ2) is 7.61. The number of carbonyl (C=O) groups excluding carboxylic acids is 3. The van der Waals surface area contributed by atoms with Crippen LogP contribution in [-0.2, 0) is 27.5 Å². The number of carbonyl (C=O) groups is 3. The number of nitrogens with one attached hydrogen (secondary N) is 2. The van der Waals surface area contributed by atoms with E-state index in [1.165, 1.54) is 4.90 Å². The van der Waals surface area contributed by atoms with E-state index in [4.69, 9.17) is 0 Å². The lowest BCUT2D eigenvalue weighted by Gasteiger charge is -2.13. The number of anilines is 1. The van der Waals surface area contributed by atoms with E-state index in [1.807, 2.05) is 23.9 Å². The van der Waals surface area contributed by atoms with E-state index in [-0.39, 0.29) is 12.5 Å². The zero-order valence-corrected chi connectivity index (χ0v) is 15.7. The molecule has 1 aliphatic rings. The molecule has 0 saturated heterocycles. The van der Waals surface area contributed by atoms with Gasteiger partial charge in [0.2, 0.25) is 0 Å². The van der Waals surface area contributed by atoms with Crippen molar-refractivity contribution in [3.05, 3.63) is 47.3 Å². The monoisotopic (exact) mass is 369 g/mol. The molecule has 1 aromatic heterocycles. The van der Waals surface area contributed by atoms with Gasteiger partial charge in [0.15, 0.2) is 0 Å². The van der Waals surface area contributed by atoms with Crippen LogP contribution in [0.25, 0.3) is 0 Å². The minimum absolute atomic E-state index is 0.205. The number of aromatic nitrogens is 2. The molecule has 2 aromatic rings. The van der Waals surface area contributed by atoms with Crippen LogP contribution in [0.2, 0.25) is 0 Å². The summed E-state index contributed by atoms with van der Waals surface area (Å²) in [5, 5.41) is 9.48. The van der Waals surface area contributed by atoms with Gasteiger partial charge in [-0.1, -0.05) is 25.1 Å². The van der Waals surface area contributed by atoms with E-state index in [2.05, 4.69) is 22.7 Å². The van der Waals surface area contributed by atoms with Crippen LogP contribution >= 0.6 is 0 Å². The lowest BCUT2D eigenvalue weighted by molar-refractivity contribution is -0.140. The first-order valence-electron chi connectivity index (χ1n) is 8.90. The Hall–Kier alpha value is -3.16. The van der Waals surface area contributed by atoms with E-state index in [0.717, 1.165) is 29.9 Å². The molecule has 8 nitrogen and oxygen atoms in total. The summed E-state index contributed by atoms with van der Waals surface area (Å²) in [5.41, 5.74) is 3.08. The number of nitrogens with zero attached hydrogens (tertiary/aromatic N) is 3. The first-order valence-corrected chi connectivity index (χ1v) is 8.90. The molecule has 0 bridgehead atoms. The highest BCUT2D eigenvalue weighted by Crippen LogP contribution is 2.34. The zero-order valence-electron chi connectivity index (χ0n) is 15.7. The number of fused-ring (bicyclic) bond motifs is 1. The molecule has 0 unspecified atom stereocenters. The fourth-order valence-corrected chi connectivity index (χ4v) is 3.15. The third-order valence-corrected chi connectivity index (χ3v) is 4.61. The Morgan fingerprint density at radius 2 is 1.96 bits per heavy atom. The molecule has 1 aromatic carbocycles. The minimum Gasteiger partial charge on any atom is -0.344 e. The summed E-state index contributed by atoms with van der Waals surface area (Å²) in [6, 6.07) is 6.33. The average molecular weight is 369 g/mol. The van der Waals surface area contributed by atoms with Crippen LogP contribution in [0, 0.1) is 6.92 Å². The van der Waals surface area contributed by atoms with Crippen molar-refractivity contribution in [2.45, 2.75) is 39.4 Å². The van der Waals surface area contributed by atoms with Crippen LogP contribution in [-0.4, -0.2) is 34.5 Å². The summed E-state index contributed by atoms with van der Waals surface area (Å²) in [7, 11) is 1.64. The third kappa shape index (κ3) is 3.69. The van der Waals surface area contributed by atoms with Gasteiger partial charge in [0.25, 0.3) is 5.91 Å². The Morgan fingerprint density at radius 3 is 2.70 bits per heavy atom. The zero-order chi connectivity index (χ0) is 19.6. The quantitative estimate of drug-likeness (QED) is 0.770. The largest absolute Gasteiger partial charge is 0.344 e. The average Bonchev–Trinajstić information content (AvgIpc) is 3.12. The van der Waals surface area contributed by atoms with Crippen molar-refractivity contribution in [2.24, 2.45) is 0 Å². The SMILES string of the molecule is CCCn1cc(CNC(=O)C(=O)N[C@H]2C(=O)N(C)c3ccccc32)c(C)n1. The van der Waals surface area contributed by atoms with E-state index in [0.29, 0.717) is 5.56 Å². The van der Waals surface area contributed by atoms with E-state index in [1.54, 1.807) is 25.2 Å². The standard InChI is InChI=1S/C19H23N5O3/c1-4-9-24-11-13(12(2)22-24)10-20-17(25)18(26)21-16-14-7-5-6-8-15(14)23(3)19(16)27/h5-8,11,16H,4,9-10H2,1-3H3,(H,20,25)(H,21,26)/t16-/m1/s1. The van der Waals surface area contributed by atoms with Gasteiger partial charge in [-0.15, -0.1) is 0 Å². The highest BCUT2D eigenvalue weighted by molar-refractivity contribution is 6.35. The smallest absolute Gasteiger partial charge is 0.310 e. The fraction of sp³-hybridized carbons (Fsp3) is 0.368. The molecule has 8 heteroatoms. The Kier molecular flexibility index (Phi) is 5.25. The predicted octanol–water partition coefficient (Wildman–Crippen LogP) is 1.05. The van der Waals surface area contributed by atoms with Gasteiger partial charge in [-0.25, -0.2) is 0 Å². The first-order chi connectivity index (χ1) is 12.9. The predicted molar refractivity (Wildman–Crippen MR) is 99.8 cm³/mol. The number of likely N-dealkylation sites (N-methyl/N-ethyl adjacent to an activating group) is 1. The highest BCUT2D eigenvalue weighted by atomic mass is 16.2. The van der Waals surface area contributed by atoms with Crippen LogP contribution < -0.4 is 15.5 Å². The summed E-state index contributed by atoms with van der Waals surface area (Å²) >= 11 is 0. The lowest BCUT2D eigenvalue weighted by atomic mass is 10.1. The molecule has 27 heavy (non-hydrogen) atoms. The summed E-state index contributed by atoms with van der Waals surface area (Å²) in [6.45, 7) is 4.92. The molecule has 2 heterocycles. The molecule has 1 atom stereocenters. The molecule has 0 spiro atoms. The van der Waals surface area contributed by atoms with Gasteiger partial charge < -0.3 is 15.5 Å². The number of rotatable bonds is 5. The number of hydrogen-bond acceptors (Lipinski definition) is 4. The second-order valence-corrected chi connectivity index (χ2v) is 6.55. The molecule has 0 radical (unpaired) electrons. The van der Waals surface area contributed by atoms with Crippen LogP contribution in [0.3, 0.4) is 0 Å². The van der Waals surface area contributed by atoms with Gasteiger partial charge in [0.05, 0.1) is 5.69 Å². The molecular formula is C19H23N5O3. The van der Waals surface area contributed by atoms with Gasteiger partial charge in [-0.05, 0) is 19.4 Å². The maximum atomic E-state index is 12.4. The summed E-state index contributed by atoms with van der Waals surface area (Å²) in [4.78, 5) is 38.3. The molecule has 3 rings (SSSR count). The molecule has 1 aliphatic heterocycles. The van der Waals surface area contributed by atoms with Gasteiger partial charge in [0, 0.05) is 43.1 Å². The van der Waals surface area contributed by atoms with Crippen LogP contribution in [0.5, 0.6) is 0 Å². The molecule has 0 fully saturated rings. The van der Waals surface area contributed by atoms with Gasteiger partial charge in [-0.3, -0.25) is 19.1 Å². The normalized spacial score (nSPS) is 15.6. The molecule has 3 amide bonds. The Labute approximate surface area is 157 Å². The Morgan fingerprint density at radius 1 is 1.22 bits per heavy atom. The van der Waals surface area contributed by atoms with Gasteiger partial charge in [0.1, 0.15) is 6.04 Å². The van der Waals surface area contributed by atoms with E-state index < -0.39 is 17.9 Å². The maximum Gasteiger partial charge on any atom is 0.310 e. The summed E-state index contributed by atoms with van der Waals surface area (Å²) in [5.74, 6) is -1.89. The van der Waals surface area contributed by atoms with Crippen molar-refractivity contribution >= 4 is 23.4 Å². The Balaban J connectivity index is 1.62. The van der Waals surface area contributed by atoms with Crippen molar-refractivity contribution < 1.29 is 14.4 Å². The van der Waals surface area contributed by atoms with Crippen molar-refractivity contribution in [2.75, 3.05) is 11.9 Å². The first kappa shape index (κ1) is 18.6. The maximum absolute atomic E-state index is 12.4. The number of para-hydroxylation sites is 1. The van der Waals surface area contributed by atoms with Crippen molar-refractivity contribution in [3.8, 4) is 0 Å². The topological polar surface area (TPSA) is 96.3 Å². The van der Waals surface area contributed by atoms with E-state index in [9.17, 15) is 14.4 Å². The van der Waals surface area contributed by atoms with Crippen LogP contribution in [0.4, 0.5) is 5.69 Å². The van der Waals surface area contributed by atoms with Crippen LogP contribution in [0.1, 0.15) is 36.2 Å². The van der Waals surface area contributed by atoms with E-state index >= 15 is 0 Å². The molecular weight excluding hydrogens is 346 g/mol. The molecule has 0 aliphatic carbocycles. The number of hydrogen-bond donors (Lipinski definition) is 2. The highest BCUT2D eigenvalue weighted by Gasteiger charge is 2.36. The fourth-order valence-electron chi connectivity index (χ4n) is 3.15. The molecule has 0 saturated carbocycles. The number of amides is 3. The minimum atomic E-state index is -0.849. The van der Waals surface area contributed by atoms with Gasteiger partial charge in [-0.2, -0.15) is 5.10 Å². The molecule has 2 N–H and O–H groups in total.